The Morgan fingerprint density at radius 3 is 2.00 bits per heavy atom. The zero-order valence-corrected chi connectivity index (χ0v) is 11.5. The summed E-state index contributed by atoms with van der Waals surface area (Å²) in [5.41, 5.74) is -1.85. The van der Waals surface area contributed by atoms with Crippen LogP contribution in [0.25, 0.3) is 0 Å². The summed E-state index contributed by atoms with van der Waals surface area (Å²) in [6.45, 7) is 8.65. The third-order valence-electron chi connectivity index (χ3n) is 2.61. The highest BCUT2D eigenvalue weighted by Gasteiger charge is 2.41. The van der Waals surface area contributed by atoms with Gasteiger partial charge in [0.25, 0.3) is 0 Å². The molecule has 0 saturated heterocycles. The summed E-state index contributed by atoms with van der Waals surface area (Å²) >= 11 is 0. The van der Waals surface area contributed by atoms with E-state index >= 15 is 0 Å². The number of hydrogen-bond acceptors (Lipinski definition) is 3. The summed E-state index contributed by atoms with van der Waals surface area (Å²) in [5, 5.41) is 9.23. The van der Waals surface area contributed by atoms with Gasteiger partial charge in [-0.2, -0.15) is 0 Å². The number of aliphatic carboxylic acids is 1. The van der Waals surface area contributed by atoms with E-state index in [1.807, 2.05) is 6.92 Å². The first-order chi connectivity index (χ1) is 7.54. The molecule has 1 unspecified atom stereocenters. The van der Waals surface area contributed by atoms with E-state index < -0.39 is 23.2 Å². The highest BCUT2D eigenvalue weighted by atomic mass is 16.6. The van der Waals surface area contributed by atoms with Crippen molar-refractivity contribution in [1.82, 2.24) is 4.90 Å². The van der Waals surface area contributed by atoms with Gasteiger partial charge < -0.3 is 9.84 Å². The van der Waals surface area contributed by atoms with Gasteiger partial charge in [-0.05, 0) is 34.1 Å². The number of ether oxygens (including phenoxy) is 1. The average Bonchev–Trinajstić information content (AvgIpc) is 2.13. The zero-order valence-electron chi connectivity index (χ0n) is 11.5. The number of nitrogens with zero attached hydrogens (tertiary/aromatic N) is 1. The standard InChI is InChI=1S/C12H23NO4/c1-7-8-12(5,9(14)15)13(6)10(16)17-11(2,3)4/h7-8H2,1-6H3,(H,14,15). The van der Waals surface area contributed by atoms with Gasteiger partial charge in [0.2, 0.25) is 0 Å². The molecule has 0 aliphatic heterocycles. The molecule has 1 atom stereocenters. The Hall–Kier alpha value is -1.26. The highest BCUT2D eigenvalue weighted by molar-refractivity contribution is 5.83. The predicted molar refractivity (Wildman–Crippen MR) is 64.9 cm³/mol. The van der Waals surface area contributed by atoms with Gasteiger partial charge in [0, 0.05) is 7.05 Å². The van der Waals surface area contributed by atoms with Crippen LogP contribution in [0.5, 0.6) is 0 Å². The molecule has 5 heteroatoms. The lowest BCUT2D eigenvalue weighted by molar-refractivity contribution is -0.149. The van der Waals surface area contributed by atoms with Crippen molar-refractivity contribution >= 4 is 12.1 Å². The second-order valence-corrected chi connectivity index (χ2v) is 5.37. The van der Waals surface area contributed by atoms with Gasteiger partial charge in [0.15, 0.2) is 0 Å². The molecule has 100 valence electrons. The minimum atomic E-state index is -1.23. The number of rotatable bonds is 4. The maximum atomic E-state index is 11.8. The number of amides is 1. The normalized spacial score (nSPS) is 14.9. The maximum absolute atomic E-state index is 11.8. The van der Waals surface area contributed by atoms with E-state index in [9.17, 15) is 14.7 Å². The number of carboxylic acid groups (broad SMARTS) is 1. The lowest BCUT2D eigenvalue weighted by atomic mass is 9.95. The number of carbonyl (C=O) groups excluding carboxylic acids is 1. The number of carbonyl (C=O) groups is 2. The molecule has 0 aromatic heterocycles. The van der Waals surface area contributed by atoms with E-state index in [1.54, 1.807) is 20.8 Å². The maximum Gasteiger partial charge on any atom is 0.410 e. The zero-order chi connectivity index (χ0) is 13.9. The van der Waals surface area contributed by atoms with Gasteiger partial charge in [-0.25, -0.2) is 9.59 Å². The van der Waals surface area contributed by atoms with Gasteiger partial charge >= 0.3 is 12.1 Å². The number of carboxylic acids is 1. The summed E-state index contributed by atoms with van der Waals surface area (Å²) in [6, 6.07) is 0. The topological polar surface area (TPSA) is 66.8 Å². The van der Waals surface area contributed by atoms with Gasteiger partial charge in [-0.1, -0.05) is 13.3 Å². The van der Waals surface area contributed by atoms with Crippen molar-refractivity contribution in [1.29, 1.82) is 0 Å². The smallest absolute Gasteiger partial charge is 0.410 e. The quantitative estimate of drug-likeness (QED) is 0.826. The van der Waals surface area contributed by atoms with E-state index in [4.69, 9.17) is 4.74 Å². The van der Waals surface area contributed by atoms with Crippen molar-refractivity contribution in [2.45, 2.75) is 58.6 Å². The Kier molecular flexibility index (Phi) is 4.98. The highest BCUT2D eigenvalue weighted by Crippen LogP contribution is 2.22. The van der Waals surface area contributed by atoms with Gasteiger partial charge in [0.1, 0.15) is 11.1 Å². The Labute approximate surface area is 103 Å². The molecular weight excluding hydrogens is 222 g/mol. The van der Waals surface area contributed by atoms with Crippen molar-refractivity contribution < 1.29 is 19.4 Å². The van der Waals surface area contributed by atoms with Crippen LogP contribution in [-0.4, -0.2) is 40.3 Å². The summed E-state index contributed by atoms with van der Waals surface area (Å²) < 4.78 is 5.17. The Balaban J connectivity index is 4.91. The monoisotopic (exact) mass is 245 g/mol. The molecule has 0 rings (SSSR count). The van der Waals surface area contributed by atoms with Crippen LogP contribution in [0.1, 0.15) is 47.5 Å². The fraction of sp³-hybridized carbons (Fsp3) is 0.833. The molecule has 0 saturated carbocycles. The van der Waals surface area contributed by atoms with E-state index in [0.717, 1.165) is 4.90 Å². The summed E-state index contributed by atoms with van der Waals surface area (Å²) in [4.78, 5) is 24.3. The average molecular weight is 245 g/mol. The fourth-order valence-electron chi connectivity index (χ4n) is 1.44. The minimum Gasteiger partial charge on any atom is -0.480 e. The molecule has 0 aromatic carbocycles. The first-order valence-corrected chi connectivity index (χ1v) is 5.75. The molecule has 17 heavy (non-hydrogen) atoms. The number of hydrogen-bond donors (Lipinski definition) is 1. The van der Waals surface area contributed by atoms with E-state index in [1.165, 1.54) is 14.0 Å². The molecule has 0 aliphatic carbocycles. The molecule has 0 spiro atoms. The number of likely N-dealkylation sites (N-methyl/N-ethyl adjacent to an activating group) is 1. The van der Waals surface area contributed by atoms with Crippen LogP contribution in [0.15, 0.2) is 0 Å². The first kappa shape index (κ1) is 15.7. The molecule has 0 aliphatic rings. The van der Waals surface area contributed by atoms with Crippen molar-refractivity contribution in [3.63, 3.8) is 0 Å². The summed E-state index contributed by atoms with van der Waals surface area (Å²) in [6.07, 6.45) is 0.449. The Morgan fingerprint density at radius 1 is 1.24 bits per heavy atom. The Morgan fingerprint density at radius 2 is 1.71 bits per heavy atom. The molecule has 1 amide bonds. The molecule has 0 heterocycles. The SMILES string of the molecule is CCCC(C)(C(=O)O)N(C)C(=O)OC(C)(C)C. The third-order valence-corrected chi connectivity index (χ3v) is 2.61. The van der Waals surface area contributed by atoms with Crippen molar-refractivity contribution in [2.75, 3.05) is 7.05 Å². The van der Waals surface area contributed by atoms with Crippen molar-refractivity contribution in [2.24, 2.45) is 0 Å². The second-order valence-electron chi connectivity index (χ2n) is 5.37. The molecule has 0 fully saturated rings. The van der Waals surface area contributed by atoms with E-state index in [-0.39, 0.29) is 0 Å². The van der Waals surface area contributed by atoms with Crippen LogP contribution in [0.2, 0.25) is 0 Å². The van der Waals surface area contributed by atoms with E-state index in [2.05, 4.69) is 0 Å². The van der Waals surface area contributed by atoms with Crippen LogP contribution in [0, 0.1) is 0 Å². The molecule has 0 bridgehead atoms. The molecule has 1 N–H and O–H groups in total. The van der Waals surface area contributed by atoms with Crippen LogP contribution < -0.4 is 0 Å². The van der Waals surface area contributed by atoms with Gasteiger partial charge in [0.05, 0.1) is 0 Å². The van der Waals surface area contributed by atoms with E-state index in [0.29, 0.717) is 12.8 Å². The third kappa shape index (κ3) is 4.24. The van der Waals surface area contributed by atoms with Crippen LogP contribution >= 0.6 is 0 Å². The van der Waals surface area contributed by atoms with Crippen molar-refractivity contribution in [3.05, 3.63) is 0 Å². The first-order valence-electron chi connectivity index (χ1n) is 5.75. The summed E-state index contributed by atoms with van der Waals surface area (Å²) in [7, 11) is 1.46. The fourth-order valence-corrected chi connectivity index (χ4v) is 1.44. The molecular formula is C12H23NO4. The lowest BCUT2D eigenvalue weighted by Crippen LogP contribution is -2.54. The molecule has 0 radical (unpaired) electrons. The largest absolute Gasteiger partial charge is 0.480 e. The summed E-state index contributed by atoms with van der Waals surface area (Å²) in [5.74, 6) is -1.02. The van der Waals surface area contributed by atoms with Crippen molar-refractivity contribution in [3.8, 4) is 0 Å². The van der Waals surface area contributed by atoms with Crippen LogP contribution in [0.3, 0.4) is 0 Å². The minimum absolute atomic E-state index is 0.387. The van der Waals surface area contributed by atoms with Gasteiger partial charge in [-0.3, -0.25) is 4.90 Å². The van der Waals surface area contributed by atoms with Crippen LogP contribution in [0.4, 0.5) is 4.79 Å². The molecule has 5 nitrogen and oxygen atoms in total. The van der Waals surface area contributed by atoms with Crippen LogP contribution in [-0.2, 0) is 9.53 Å². The second kappa shape index (κ2) is 5.38. The lowest BCUT2D eigenvalue weighted by Gasteiger charge is -2.35. The Bertz CT molecular complexity index is 295. The predicted octanol–water partition coefficient (Wildman–Crippen LogP) is 2.50. The van der Waals surface area contributed by atoms with Gasteiger partial charge in [-0.15, -0.1) is 0 Å². The molecule has 0 aromatic rings.